The third kappa shape index (κ3) is 2.49. The number of hydrogen-bond acceptors (Lipinski definition) is 6. The summed E-state index contributed by atoms with van der Waals surface area (Å²) in [4.78, 5) is 38.7. The molecule has 3 aliphatic rings. The monoisotopic (exact) mass is 424 g/mol. The minimum atomic E-state index is -1.61. The van der Waals surface area contributed by atoms with Crippen molar-refractivity contribution in [1.82, 2.24) is 0 Å². The number of fused-ring (bicyclic) bond motifs is 5. The number of carbonyl (C=O) groups excluding carboxylic acids is 1. The lowest BCUT2D eigenvalue weighted by atomic mass is 9.62. The summed E-state index contributed by atoms with van der Waals surface area (Å²) in [5.74, 6) is -1.70. The van der Waals surface area contributed by atoms with Gasteiger partial charge in [-0.05, 0) is 43.8 Å². The minimum Gasteiger partial charge on any atom is -0.507 e. The van der Waals surface area contributed by atoms with Crippen molar-refractivity contribution in [1.29, 1.82) is 0 Å². The second kappa shape index (κ2) is 5.78. The van der Waals surface area contributed by atoms with Crippen LogP contribution in [0.25, 0.3) is 17.0 Å². The van der Waals surface area contributed by atoms with Gasteiger partial charge in [-0.15, -0.1) is 0 Å². The van der Waals surface area contributed by atoms with Gasteiger partial charge in [0.25, 0.3) is 0 Å². The zero-order valence-electron chi connectivity index (χ0n) is 17.9. The number of carboxylic acid groups (broad SMARTS) is 1. The number of Topliss-reactive ketones (excluding diaryl/α,β-unsaturated/α-hetero) is 1. The van der Waals surface area contributed by atoms with Gasteiger partial charge < -0.3 is 19.4 Å². The summed E-state index contributed by atoms with van der Waals surface area (Å²) in [6.45, 7) is 7.46. The van der Waals surface area contributed by atoms with Crippen LogP contribution in [0.1, 0.15) is 51.0 Å². The standard InChI is InChI=1S/C24H24O7/c1-22(2)10-17(26)24(21(28)29)9-15-12(7-16(22)24)19(27)18-13(25)8-14-11(20(18)30-15)5-6-23(3,4)31-14/h5-6,8,16,25H,7,9-10H2,1-4H3,(H,28,29)/t16-,24-/m0/s1. The fourth-order valence-corrected chi connectivity index (χ4v) is 5.65. The fourth-order valence-electron chi connectivity index (χ4n) is 5.65. The van der Waals surface area contributed by atoms with Gasteiger partial charge >= 0.3 is 5.97 Å². The molecule has 1 aromatic carbocycles. The van der Waals surface area contributed by atoms with Crippen LogP contribution in [-0.4, -0.2) is 27.6 Å². The molecule has 2 aromatic rings. The molecule has 2 heterocycles. The minimum absolute atomic E-state index is 0.0513. The van der Waals surface area contributed by atoms with E-state index in [1.807, 2.05) is 33.8 Å². The maximum atomic E-state index is 13.4. The first-order valence-corrected chi connectivity index (χ1v) is 10.4. The van der Waals surface area contributed by atoms with Crippen LogP contribution in [0.4, 0.5) is 0 Å². The molecule has 5 rings (SSSR count). The zero-order chi connectivity index (χ0) is 22.5. The Labute approximate surface area is 178 Å². The van der Waals surface area contributed by atoms with Gasteiger partial charge in [0.15, 0.2) is 16.8 Å². The summed E-state index contributed by atoms with van der Waals surface area (Å²) < 4.78 is 12.0. The zero-order valence-corrected chi connectivity index (χ0v) is 17.9. The number of carbonyl (C=O) groups is 2. The second-order valence-corrected chi connectivity index (χ2v) is 10.2. The SMILES string of the molecule is CC1(C)C=Cc2c(cc(O)c3c(=O)c4c(oc23)C[C@@]2(C(=O)O)C(=O)CC(C)(C)[C@@H]2C4)O1. The van der Waals surface area contributed by atoms with Crippen LogP contribution in [0.5, 0.6) is 11.5 Å². The number of aromatic hydroxyl groups is 1. The van der Waals surface area contributed by atoms with Crippen LogP contribution in [0.3, 0.4) is 0 Å². The normalized spacial score (nSPS) is 27.4. The molecule has 0 unspecified atom stereocenters. The molecule has 162 valence electrons. The van der Waals surface area contributed by atoms with Crippen LogP contribution >= 0.6 is 0 Å². The number of hydrogen-bond donors (Lipinski definition) is 2. The maximum Gasteiger partial charge on any atom is 0.317 e. The summed E-state index contributed by atoms with van der Waals surface area (Å²) in [5.41, 5.74) is -2.15. The van der Waals surface area contributed by atoms with Crippen LogP contribution < -0.4 is 10.2 Å². The topological polar surface area (TPSA) is 114 Å². The average molecular weight is 424 g/mol. The third-order valence-electron chi connectivity index (χ3n) is 7.23. The first kappa shape index (κ1) is 19.8. The Morgan fingerprint density at radius 2 is 1.87 bits per heavy atom. The van der Waals surface area contributed by atoms with E-state index < -0.39 is 28.3 Å². The number of aliphatic carboxylic acids is 1. The summed E-state index contributed by atoms with van der Waals surface area (Å²) in [5, 5.41) is 20.8. The molecule has 2 N–H and O–H groups in total. The van der Waals surface area contributed by atoms with Gasteiger partial charge in [0, 0.05) is 24.5 Å². The van der Waals surface area contributed by atoms with E-state index in [-0.39, 0.29) is 53.0 Å². The molecule has 7 nitrogen and oxygen atoms in total. The smallest absolute Gasteiger partial charge is 0.317 e. The summed E-state index contributed by atoms with van der Waals surface area (Å²) in [7, 11) is 0. The van der Waals surface area contributed by atoms with Gasteiger partial charge in [-0.2, -0.15) is 0 Å². The van der Waals surface area contributed by atoms with Crippen molar-refractivity contribution < 1.29 is 29.0 Å². The Kier molecular flexibility index (Phi) is 3.70. The first-order chi connectivity index (χ1) is 14.4. The highest BCUT2D eigenvalue weighted by Crippen LogP contribution is 2.57. The largest absolute Gasteiger partial charge is 0.507 e. The van der Waals surface area contributed by atoms with E-state index in [0.717, 1.165) is 0 Å². The molecule has 0 radical (unpaired) electrons. The summed E-state index contributed by atoms with van der Waals surface area (Å²) in [6, 6.07) is 1.42. The van der Waals surface area contributed by atoms with Crippen molar-refractivity contribution in [2.24, 2.45) is 16.7 Å². The Balaban J connectivity index is 1.80. The molecule has 1 saturated carbocycles. The van der Waals surface area contributed by atoms with Crippen LogP contribution in [0, 0.1) is 16.7 Å². The quantitative estimate of drug-likeness (QED) is 0.674. The van der Waals surface area contributed by atoms with Gasteiger partial charge in [0.1, 0.15) is 33.7 Å². The number of carboxylic acids is 1. The molecule has 0 bridgehead atoms. The lowest BCUT2D eigenvalue weighted by Crippen LogP contribution is -2.49. The van der Waals surface area contributed by atoms with E-state index in [1.54, 1.807) is 6.08 Å². The summed E-state index contributed by atoms with van der Waals surface area (Å²) in [6.07, 6.45) is 3.68. The van der Waals surface area contributed by atoms with E-state index >= 15 is 0 Å². The number of ether oxygens (including phenoxy) is 1. The van der Waals surface area contributed by atoms with Crippen molar-refractivity contribution in [3.8, 4) is 11.5 Å². The molecule has 0 amide bonds. The first-order valence-electron chi connectivity index (χ1n) is 10.4. The average Bonchev–Trinajstić information content (AvgIpc) is 2.85. The molecule has 2 aliphatic carbocycles. The van der Waals surface area contributed by atoms with E-state index in [0.29, 0.717) is 16.9 Å². The fraction of sp³-hybridized carbons (Fsp3) is 0.458. The van der Waals surface area contributed by atoms with Crippen molar-refractivity contribution in [3.05, 3.63) is 39.3 Å². The summed E-state index contributed by atoms with van der Waals surface area (Å²) >= 11 is 0. The van der Waals surface area contributed by atoms with E-state index in [4.69, 9.17) is 9.15 Å². The highest BCUT2D eigenvalue weighted by atomic mass is 16.5. The van der Waals surface area contributed by atoms with Crippen molar-refractivity contribution in [2.45, 2.75) is 52.6 Å². The predicted octanol–water partition coefficient (Wildman–Crippen LogP) is 3.47. The molecule has 1 aromatic heterocycles. The number of benzene rings is 1. The van der Waals surface area contributed by atoms with Gasteiger partial charge in [-0.25, -0.2) is 0 Å². The van der Waals surface area contributed by atoms with Gasteiger partial charge in [-0.1, -0.05) is 13.8 Å². The highest BCUT2D eigenvalue weighted by molar-refractivity contribution is 6.06. The number of phenolic OH excluding ortho intramolecular Hbond substituents is 1. The molecule has 1 fully saturated rings. The Bertz CT molecular complexity index is 1280. The molecular weight excluding hydrogens is 400 g/mol. The highest BCUT2D eigenvalue weighted by Gasteiger charge is 2.65. The van der Waals surface area contributed by atoms with E-state index in [9.17, 15) is 24.6 Å². The molecule has 31 heavy (non-hydrogen) atoms. The van der Waals surface area contributed by atoms with Crippen molar-refractivity contribution in [3.63, 3.8) is 0 Å². The molecule has 2 atom stereocenters. The van der Waals surface area contributed by atoms with Crippen molar-refractivity contribution in [2.75, 3.05) is 0 Å². The number of ketones is 1. The van der Waals surface area contributed by atoms with Gasteiger partial charge in [0.2, 0.25) is 0 Å². The molecule has 1 aliphatic heterocycles. The third-order valence-corrected chi connectivity index (χ3v) is 7.23. The number of phenols is 1. The molecule has 0 spiro atoms. The van der Waals surface area contributed by atoms with E-state index in [2.05, 4.69) is 0 Å². The second-order valence-electron chi connectivity index (χ2n) is 10.2. The predicted molar refractivity (Wildman–Crippen MR) is 112 cm³/mol. The Hall–Kier alpha value is -3.09. The van der Waals surface area contributed by atoms with Crippen LogP contribution in [-0.2, 0) is 22.4 Å². The Morgan fingerprint density at radius 3 is 2.55 bits per heavy atom. The van der Waals surface area contributed by atoms with Gasteiger partial charge in [-0.3, -0.25) is 14.4 Å². The lowest BCUT2D eigenvalue weighted by molar-refractivity contribution is -0.157. The van der Waals surface area contributed by atoms with Crippen LogP contribution in [0.15, 0.2) is 21.4 Å². The maximum absolute atomic E-state index is 13.4. The van der Waals surface area contributed by atoms with E-state index in [1.165, 1.54) is 6.07 Å². The molecule has 7 heteroatoms. The number of rotatable bonds is 1. The van der Waals surface area contributed by atoms with Crippen molar-refractivity contribution >= 4 is 28.8 Å². The van der Waals surface area contributed by atoms with Gasteiger partial charge in [0.05, 0.1) is 5.56 Å². The van der Waals surface area contributed by atoms with Crippen LogP contribution in [0.2, 0.25) is 0 Å². The molecule has 0 saturated heterocycles. The Morgan fingerprint density at radius 1 is 1.16 bits per heavy atom. The lowest BCUT2D eigenvalue weighted by Gasteiger charge is -2.39. The molecular formula is C24H24O7.